The number of amides is 1. The van der Waals surface area contributed by atoms with E-state index in [9.17, 15) is 14.3 Å². The molecule has 1 aromatic carbocycles. The molecule has 0 saturated carbocycles. The van der Waals surface area contributed by atoms with Crippen LogP contribution in [0.1, 0.15) is 38.7 Å². The van der Waals surface area contributed by atoms with Crippen LogP contribution in [0.25, 0.3) is 0 Å². The number of nitrogens with one attached hydrogen (secondary N) is 1. The van der Waals surface area contributed by atoms with Crippen LogP contribution in [0.4, 0.5) is 4.39 Å². The molecule has 1 aromatic rings. The topological polar surface area (TPSA) is 49.3 Å². The fourth-order valence-electron chi connectivity index (χ4n) is 1.97. The maximum absolute atomic E-state index is 13.5. The molecule has 1 amide bonds. The Morgan fingerprint density at radius 3 is 2.53 bits per heavy atom. The molecule has 2 unspecified atom stereocenters. The average molecular weight is 267 g/mol. The van der Waals surface area contributed by atoms with Gasteiger partial charge in [0.15, 0.2) is 0 Å². The molecule has 0 aliphatic carbocycles. The molecule has 3 nitrogen and oxygen atoms in total. The molecular formula is C15H22FNO2. The number of hydrogen-bond donors (Lipinski definition) is 2. The van der Waals surface area contributed by atoms with Gasteiger partial charge in [-0.25, -0.2) is 4.39 Å². The zero-order chi connectivity index (χ0) is 14.4. The highest BCUT2D eigenvalue weighted by molar-refractivity contribution is 5.83. The fourth-order valence-corrected chi connectivity index (χ4v) is 1.97. The van der Waals surface area contributed by atoms with Gasteiger partial charge >= 0.3 is 0 Å². The lowest BCUT2D eigenvalue weighted by Gasteiger charge is -2.17. The van der Waals surface area contributed by atoms with E-state index in [1.807, 2.05) is 13.8 Å². The Morgan fingerprint density at radius 1 is 1.32 bits per heavy atom. The predicted octanol–water partition coefficient (Wildman–Crippen LogP) is 2.45. The van der Waals surface area contributed by atoms with Gasteiger partial charge in [0, 0.05) is 6.54 Å². The Balaban J connectivity index is 2.52. The second kappa shape index (κ2) is 7.24. The Morgan fingerprint density at radius 2 is 1.95 bits per heavy atom. The van der Waals surface area contributed by atoms with Gasteiger partial charge in [-0.05, 0) is 30.9 Å². The van der Waals surface area contributed by atoms with Crippen LogP contribution in [0.3, 0.4) is 0 Å². The van der Waals surface area contributed by atoms with Crippen molar-refractivity contribution in [2.24, 2.45) is 5.92 Å². The summed E-state index contributed by atoms with van der Waals surface area (Å²) in [5, 5.41) is 12.3. The molecule has 0 aromatic heterocycles. The monoisotopic (exact) mass is 267 g/mol. The molecule has 2 atom stereocenters. The van der Waals surface area contributed by atoms with E-state index in [-0.39, 0.29) is 18.3 Å². The Bertz CT molecular complexity index is 420. The van der Waals surface area contributed by atoms with Crippen LogP contribution in [-0.4, -0.2) is 23.7 Å². The predicted molar refractivity (Wildman–Crippen MR) is 73.3 cm³/mol. The minimum absolute atomic E-state index is 0.204. The zero-order valence-corrected chi connectivity index (χ0v) is 11.7. The van der Waals surface area contributed by atoms with Gasteiger partial charge in [0.05, 0.1) is 12.0 Å². The normalized spacial score (nSPS) is 14.2. The lowest BCUT2D eigenvalue weighted by atomic mass is 9.99. The molecule has 106 valence electrons. The number of halogens is 1. The molecule has 0 fully saturated rings. The Kier molecular flexibility index (Phi) is 5.96. The van der Waals surface area contributed by atoms with Gasteiger partial charge in [0.1, 0.15) is 5.82 Å². The highest BCUT2D eigenvalue weighted by atomic mass is 19.1. The first-order chi connectivity index (χ1) is 8.91. The molecule has 0 bridgehead atoms. The van der Waals surface area contributed by atoms with Crippen LogP contribution in [0.5, 0.6) is 0 Å². The Hall–Kier alpha value is -1.42. The van der Waals surface area contributed by atoms with Crippen molar-refractivity contribution in [2.75, 3.05) is 6.54 Å². The van der Waals surface area contributed by atoms with E-state index in [1.165, 1.54) is 6.07 Å². The summed E-state index contributed by atoms with van der Waals surface area (Å²) >= 11 is 0. The standard InChI is InChI=1S/C15H22FNO2/c1-10(2)8-12(18)9-17-15(19)11(3)13-6-4-5-7-14(13)16/h4-7,10-12,18H,8-9H2,1-3H3,(H,17,19). The largest absolute Gasteiger partial charge is 0.391 e. The highest BCUT2D eigenvalue weighted by Crippen LogP contribution is 2.18. The third-order valence-corrected chi connectivity index (χ3v) is 3.02. The van der Waals surface area contributed by atoms with Crippen LogP contribution in [0.2, 0.25) is 0 Å². The van der Waals surface area contributed by atoms with E-state index in [2.05, 4.69) is 5.32 Å². The summed E-state index contributed by atoms with van der Waals surface area (Å²) in [7, 11) is 0. The van der Waals surface area contributed by atoms with Crippen molar-refractivity contribution in [3.8, 4) is 0 Å². The molecule has 0 aliphatic heterocycles. The molecule has 0 heterocycles. The average Bonchev–Trinajstić information content (AvgIpc) is 2.35. The van der Waals surface area contributed by atoms with Gasteiger partial charge in [-0.1, -0.05) is 32.0 Å². The quantitative estimate of drug-likeness (QED) is 0.831. The SMILES string of the molecule is CC(C)CC(O)CNC(=O)C(C)c1ccccc1F. The smallest absolute Gasteiger partial charge is 0.227 e. The molecule has 4 heteroatoms. The molecule has 0 aliphatic rings. The van der Waals surface area contributed by atoms with Gasteiger partial charge in [-0.3, -0.25) is 4.79 Å². The summed E-state index contributed by atoms with van der Waals surface area (Å²) in [6.45, 7) is 5.87. The van der Waals surface area contributed by atoms with Crippen molar-refractivity contribution in [3.63, 3.8) is 0 Å². The number of carbonyl (C=O) groups excluding carboxylic acids is 1. The lowest BCUT2D eigenvalue weighted by molar-refractivity contribution is -0.122. The van der Waals surface area contributed by atoms with Crippen LogP contribution < -0.4 is 5.32 Å². The van der Waals surface area contributed by atoms with Crippen molar-refractivity contribution >= 4 is 5.91 Å². The maximum atomic E-state index is 13.5. The first-order valence-electron chi connectivity index (χ1n) is 6.62. The molecule has 1 rings (SSSR count). The minimum atomic E-state index is -0.563. The second-order valence-corrected chi connectivity index (χ2v) is 5.27. The summed E-state index contributed by atoms with van der Waals surface area (Å²) in [6.07, 6.45) is 0.0747. The number of aliphatic hydroxyl groups is 1. The molecule has 0 saturated heterocycles. The minimum Gasteiger partial charge on any atom is -0.391 e. The van der Waals surface area contributed by atoms with E-state index in [4.69, 9.17) is 0 Å². The summed E-state index contributed by atoms with van der Waals surface area (Å²) in [5.41, 5.74) is 0.373. The molecule has 19 heavy (non-hydrogen) atoms. The van der Waals surface area contributed by atoms with Gasteiger partial charge < -0.3 is 10.4 Å². The summed E-state index contributed by atoms with van der Waals surface area (Å²) in [5.74, 6) is -0.843. The van der Waals surface area contributed by atoms with Crippen molar-refractivity contribution in [1.82, 2.24) is 5.32 Å². The van der Waals surface area contributed by atoms with Gasteiger partial charge in [0.2, 0.25) is 5.91 Å². The van der Waals surface area contributed by atoms with Crippen LogP contribution >= 0.6 is 0 Å². The van der Waals surface area contributed by atoms with Crippen molar-refractivity contribution in [3.05, 3.63) is 35.6 Å². The van der Waals surface area contributed by atoms with Crippen LogP contribution in [0, 0.1) is 11.7 Å². The van der Waals surface area contributed by atoms with E-state index in [0.717, 1.165) is 0 Å². The maximum Gasteiger partial charge on any atom is 0.227 e. The van der Waals surface area contributed by atoms with Gasteiger partial charge in [-0.15, -0.1) is 0 Å². The lowest BCUT2D eigenvalue weighted by Crippen LogP contribution is -2.35. The molecule has 0 spiro atoms. The van der Waals surface area contributed by atoms with Gasteiger partial charge in [0.25, 0.3) is 0 Å². The number of hydrogen-bond acceptors (Lipinski definition) is 2. The summed E-state index contributed by atoms with van der Waals surface area (Å²) in [4.78, 5) is 11.9. The van der Waals surface area contributed by atoms with Crippen molar-refractivity contribution in [1.29, 1.82) is 0 Å². The molecular weight excluding hydrogens is 245 g/mol. The first kappa shape index (κ1) is 15.6. The van der Waals surface area contributed by atoms with Gasteiger partial charge in [-0.2, -0.15) is 0 Å². The van der Waals surface area contributed by atoms with E-state index in [0.29, 0.717) is 17.9 Å². The molecule has 0 radical (unpaired) electrons. The van der Waals surface area contributed by atoms with E-state index >= 15 is 0 Å². The van der Waals surface area contributed by atoms with Crippen molar-refractivity contribution < 1.29 is 14.3 Å². The van der Waals surface area contributed by atoms with Crippen molar-refractivity contribution in [2.45, 2.75) is 39.2 Å². The van der Waals surface area contributed by atoms with Crippen LogP contribution in [0.15, 0.2) is 24.3 Å². The summed E-state index contributed by atoms with van der Waals surface area (Å²) in [6, 6.07) is 6.24. The number of aliphatic hydroxyl groups excluding tert-OH is 1. The third-order valence-electron chi connectivity index (χ3n) is 3.02. The zero-order valence-electron chi connectivity index (χ0n) is 11.7. The van der Waals surface area contributed by atoms with E-state index < -0.39 is 12.0 Å². The number of benzene rings is 1. The summed E-state index contributed by atoms with van der Waals surface area (Å²) < 4.78 is 13.5. The third kappa shape index (κ3) is 4.99. The number of carbonyl (C=O) groups is 1. The van der Waals surface area contributed by atoms with Crippen LogP contribution in [-0.2, 0) is 4.79 Å². The number of rotatable bonds is 6. The Labute approximate surface area is 113 Å². The second-order valence-electron chi connectivity index (χ2n) is 5.27. The van der Waals surface area contributed by atoms with E-state index in [1.54, 1.807) is 25.1 Å². The first-order valence-corrected chi connectivity index (χ1v) is 6.62. The highest BCUT2D eigenvalue weighted by Gasteiger charge is 2.19. The fraction of sp³-hybridized carbons (Fsp3) is 0.533. The molecule has 2 N–H and O–H groups in total.